The van der Waals surface area contributed by atoms with Crippen LogP contribution in [-0.2, 0) is 13.0 Å². The molecule has 1 amide bonds. The Labute approximate surface area is 130 Å². The van der Waals surface area contributed by atoms with E-state index in [9.17, 15) is 4.79 Å². The van der Waals surface area contributed by atoms with Crippen LogP contribution in [0.2, 0.25) is 0 Å². The van der Waals surface area contributed by atoms with Crippen LogP contribution in [0.25, 0.3) is 0 Å². The van der Waals surface area contributed by atoms with Crippen molar-refractivity contribution >= 4 is 5.91 Å². The number of amides is 1. The number of hydrogen-bond acceptors (Lipinski definition) is 3. The molecule has 116 valence electrons. The quantitative estimate of drug-likeness (QED) is 0.943. The molecule has 3 rings (SSSR count). The topological polar surface area (TPSA) is 56.1 Å². The van der Waals surface area contributed by atoms with Gasteiger partial charge in [-0.25, -0.2) is 4.98 Å². The first-order valence-corrected chi connectivity index (χ1v) is 7.70. The van der Waals surface area contributed by atoms with Gasteiger partial charge in [-0.3, -0.25) is 4.79 Å². The minimum atomic E-state index is -0.0789. The molecule has 1 aromatic carbocycles. The second-order valence-electron chi connectivity index (χ2n) is 5.87. The van der Waals surface area contributed by atoms with Crippen LogP contribution in [0.3, 0.4) is 0 Å². The number of fused-ring (bicyclic) bond motifs is 1. The maximum atomic E-state index is 12.5. The monoisotopic (exact) mass is 299 g/mol. The Bertz CT molecular complexity index is 663. The van der Waals surface area contributed by atoms with Gasteiger partial charge in [0.25, 0.3) is 5.91 Å². The van der Waals surface area contributed by atoms with Crippen LogP contribution in [0.1, 0.15) is 36.5 Å². The van der Waals surface area contributed by atoms with Crippen molar-refractivity contribution in [1.29, 1.82) is 0 Å². The highest BCUT2D eigenvalue weighted by molar-refractivity contribution is 5.97. The Morgan fingerprint density at radius 3 is 3.05 bits per heavy atom. The van der Waals surface area contributed by atoms with Gasteiger partial charge in [0.05, 0.1) is 11.7 Å². The second-order valence-corrected chi connectivity index (χ2v) is 5.87. The summed E-state index contributed by atoms with van der Waals surface area (Å²) in [5.41, 5.74) is 0.590. The van der Waals surface area contributed by atoms with Gasteiger partial charge in [0.15, 0.2) is 0 Å². The van der Waals surface area contributed by atoms with Gasteiger partial charge in [0.1, 0.15) is 11.6 Å². The van der Waals surface area contributed by atoms with E-state index >= 15 is 0 Å². The van der Waals surface area contributed by atoms with E-state index in [-0.39, 0.29) is 18.1 Å². The van der Waals surface area contributed by atoms with Crippen LogP contribution in [0.4, 0.5) is 0 Å². The molecular formula is C17H21N3O2. The number of nitrogens with zero attached hydrogens (tertiary/aromatic N) is 2. The van der Waals surface area contributed by atoms with E-state index in [1.165, 1.54) is 0 Å². The number of para-hydroxylation sites is 1. The zero-order chi connectivity index (χ0) is 15.5. The summed E-state index contributed by atoms with van der Waals surface area (Å²) in [5.74, 6) is 1.65. The SMILES string of the molecule is CC(C)Oc1ccccc1C(=O)NC1CCc2nccn2C1. The second kappa shape index (κ2) is 6.22. The minimum absolute atomic E-state index is 0.0390. The lowest BCUT2D eigenvalue weighted by Gasteiger charge is -2.25. The summed E-state index contributed by atoms with van der Waals surface area (Å²) in [6, 6.07) is 7.51. The summed E-state index contributed by atoms with van der Waals surface area (Å²) in [4.78, 5) is 16.9. The zero-order valence-corrected chi connectivity index (χ0v) is 13.0. The van der Waals surface area contributed by atoms with Gasteiger partial charge in [-0.05, 0) is 32.4 Å². The lowest BCUT2D eigenvalue weighted by molar-refractivity contribution is 0.0921. The van der Waals surface area contributed by atoms with Gasteiger partial charge in [0.2, 0.25) is 0 Å². The Morgan fingerprint density at radius 1 is 1.41 bits per heavy atom. The minimum Gasteiger partial charge on any atom is -0.490 e. The van der Waals surface area contributed by atoms with Gasteiger partial charge < -0.3 is 14.6 Å². The molecule has 5 heteroatoms. The fraction of sp³-hybridized carbons (Fsp3) is 0.412. The van der Waals surface area contributed by atoms with E-state index in [4.69, 9.17) is 4.74 Å². The van der Waals surface area contributed by atoms with E-state index in [0.29, 0.717) is 11.3 Å². The average molecular weight is 299 g/mol. The fourth-order valence-corrected chi connectivity index (χ4v) is 2.76. The summed E-state index contributed by atoms with van der Waals surface area (Å²) < 4.78 is 7.83. The van der Waals surface area contributed by atoms with Crippen LogP contribution in [0.15, 0.2) is 36.7 Å². The Morgan fingerprint density at radius 2 is 2.23 bits per heavy atom. The predicted octanol–water partition coefficient (Wildman–Crippen LogP) is 2.42. The van der Waals surface area contributed by atoms with Crippen LogP contribution in [0, 0.1) is 0 Å². The van der Waals surface area contributed by atoms with Crippen molar-refractivity contribution in [2.24, 2.45) is 0 Å². The van der Waals surface area contributed by atoms with Crippen molar-refractivity contribution in [2.75, 3.05) is 0 Å². The smallest absolute Gasteiger partial charge is 0.255 e. The van der Waals surface area contributed by atoms with Crippen LogP contribution in [0.5, 0.6) is 5.75 Å². The predicted molar refractivity (Wildman–Crippen MR) is 84.0 cm³/mol. The summed E-state index contributed by atoms with van der Waals surface area (Å²) in [6.07, 6.45) is 5.62. The number of hydrogen-bond donors (Lipinski definition) is 1. The number of aryl methyl sites for hydroxylation is 1. The Hall–Kier alpha value is -2.30. The molecule has 5 nitrogen and oxygen atoms in total. The van der Waals surface area contributed by atoms with Gasteiger partial charge >= 0.3 is 0 Å². The molecule has 0 bridgehead atoms. The van der Waals surface area contributed by atoms with Crippen molar-refractivity contribution < 1.29 is 9.53 Å². The van der Waals surface area contributed by atoms with Gasteiger partial charge in [0, 0.05) is 31.4 Å². The van der Waals surface area contributed by atoms with Crippen molar-refractivity contribution in [3.8, 4) is 5.75 Å². The third-order valence-electron chi connectivity index (χ3n) is 3.76. The number of carbonyl (C=O) groups excluding carboxylic acids is 1. The van der Waals surface area contributed by atoms with Crippen LogP contribution >= 0.6 is 0 Å². The van der Waals surface area contributed by atoms with E-state index in [1.807, 2.05) is 44.4 Å². The molecule has 1 N–H and O–H groups in total. The van der Waals surface area contributed by atoms with E-state index in [2.05, 4.69) is 14.9 Å². The molecule has 2 heterocycles. The lowest BCUT2D eigenvalue weighted by atomic mass is 10.1. The first kappa shape index (κ1) is 14.6. The van der Waals surface area contributed by atoms with Crippen molar-refractivity contribution in [2.45, 2.75) is 45.4 Å². The molecule has 1 atom stereocenters. The maximum Gasteiger partial charge on any atom is 0.255 e. The fourth-order valence-electron chi connectivity index (χ4n) is 2.76. The molecule has 0 saturated carbocycles. The normalized spacial score (nSPS) is 17.1. The highest BCUT2D eigenvalue weighted by atomic mass is 16.5. The average Bonchev–Trinajstić information content (AvgIpc) is 2.94. The molecule has 0 spiro atoms. The highest BCUT2D eigenvalue weighted by Gasteiger charge is 2.22. The molecule has 0 fully saturated rings. The lowest BCUT2D eigenvalue weighted by Crippen LogP contribution is -2.41. The van der Waals surface area contributed by atoms with Crippen molar-refractivity contribution in [1.82, 2.24) is 14.9 Å². The summed E-state index contributed by atoms with van der Waals surface area (Å²) in [7, 11) is 0. The molecule has 0 radical (unpaired) electrons. The van der Waals surface area contributed by atoms with Gasteiger partial charge in [-0.15, -0.1) is 0 Å². The molecule has 22 heavy (non-hydrogen) atoms. The molecule has 0 aliphatic carbocycles. The standard InChI is InChI=1S/C17H21N3O2/c1-12(2)22-15-6-4-3-5-14(15)17(21)19-13-7-8-16-18-9-10-20(16)11-13/h3-6,9-10,12-13H,7-8,11H2,1-2H3,(H,19,21). The summed E-state index contributed by atoms with van der Waals surface area (Å²) in [5, 5.41) is 3.11. The third kappa shape index (κ3) is 3.13. The Kier molecular flexibility index (Phi) is 4.13. The van der Waals surface area contributed by atoms with Gasteiger partial charge in [-0.2, -0.15) is 0 Å². The zero-order valence-electron chi connectivity index (χ0n) is 13.0. The van der Waals surface area contributed by atoms with Crippen LogP contribution < -0.4 is 10.1 Å². The number of aromatic nitrogens is 2. The molecule has 1 aliphatic rings. The van der Waals surface area contributed by atoms with E-state index in [1.54, 1.807) is 6.07 Å². The third-order valence-corrected chi connectivity index (χ3v) is 3.76. The van der Waals surface area contributed by atoms with Crippen LogP contribution in [-0.4, -0.2) is 27.6 Å². The molecule has 1 unspecified atom stereocenters. The number of imidazole rings is 1. The maximum absolute atomic E-state index is 12.5. The number of ether oxygens (including phenoxy) is 1. The number of nitrogens with one attached hydrogen (secondary N) is 1. The highest BCUT2D eigenvalue weighted by Crippen LogP contribution is 2.20. The first-order valence-electron chi connectivity index (χ1n) is 7.70. The first-order chi connectivity index (χ1) is 10.6. The molecular weight excluding hydrogens is 278 g/mol. The Balaban J connectivity index is 1.70. The molecule has 0 saturated heterocycles. The number of benzene rings is 1. The molecule has 1 aromatic heterocycles. The molecule has 1 aliphatic heterocycles. The summed E-state index contributed by atoms with van der Waals surface area (Å²) >= 11 is 0. The summed E-state index contributed by atoms with van der Waals surface area (Å²) in [6.45, 7) is 4.68. The number of carbonyl (C=O) groups is 1. The van der Waals surface area contributed by atoms with Crippen molar-refractivity contribution in [3.63, 3.8) is 0 Å². The molecule has 2 aromatic rings. The van der Waals surface area contributed by atoms with Crippen molar-refractivity contribution in [3.05, 3.63) is 48.0 Å². The van der Waals surface area contributed by atoms with E-state index < -0.39 is 0 Å². The number of rotatable bonds is 4. The largest absolute Gasteiger partial charge is 0.490 e. The van der Waals surface area contributed by atoms with Gasteiger partial charge in [-0.1, -0.05) is 12.1 Å². The van der Waals surface area contributed by atoms with E-state index in [0.717, 1.165) is 25.2 Å².